The molecule has 2 aromatic carbocycles. The van der Waals surface area contributed by atoms with Crippen molar-refractivity contribution >= 4 is 33.3 Å². The van der Waals surface area contributed by atoms with Crippen molar-refractivity contribution in [1.29, 1.82) is 0 Å². The molecule has 0 bridgehead atoms. The molecule has 1 saturated heterocycles. The number of fused-ring (bicyclic) bond motifs is 1. The average Bonchev–Trinajstić information content (AvgIpc) is 3.16. The first kappa shape index (κ1) is 18.1. The molecule has 0 spiro atoms. The Kier molecular flexibility index (Phi) is 4.94. The molecular formula is C18H18ClN3O4S. The second-order valence-corrected chi connectivity index (χ2v) is 8.27. The molecule has 27 heavy (non-hydrogen) atoms. The number of rotatable bonds is 4. The Morgan fingerprint density at radius 3 is 2.78 bits per heavy atom. The van der Waals surface area contributed by atoms with Gasteiger partial charge in [-0.2, -0.15) is 0 Å². The van der Waals surface area contributed by atoms with Crippen LogP contribution in [0.5, 0.6) is 11.5 Å². The standard InChI is InChI=1S/C18H18ClN3O4S/c19-13-6-1-2-7-14(13)26-15-8-3-9-16-17(15)21-18(22-27(16,23)24)20-11-12-5-4-10-25-12/h1-3,6-9,12H,4-5,10-11H2,(H2,20,21,22). The molecule has 2 aromatic rings. The summed E-state index contributed by atoms with van der Waals surface area (Å²) in [6.45, 7) is 1.10. The highest BCUT2D eigenvalue weighted by atomic mass is 35.5. The molecule has 2 N–H and O–H groups in total. The van der Waals surface area contributed by atoms with Crippen LogP contribution >= 0.6 is 11.6 Å². The summed E-state index contributed by atoms with van der Waals surface area (Å²) in [7, 11) is -3.76. The Hall–Kier alpha value is -2.29. The van der Waals surface area contributed by atoms with Crippen molar-refractivity contribution in [1.82, 2.24) is 4.72 Å². The molecule has 7 nitrogen and oxygen atoms in total. The quantitative estimate of drug-likeness (QED) is 0.811. The van der Waals surface area contributed by atoms with Gasteiger partial charge in [-0.1, -0.05) is 29.8 Å². The van der Waals surface area contributed by atoms with Crippen LogP contribution in [0, 0.1) is 0 Å². The monoisotopic (exact) mass is 407 g/mol. The number of sulfonamides is 1. The summed E-state index contributed by atoms with van der Waals surface area (Å²) in [6.07, 6.45) is 1.92. The van der Waals surface area contributed by atoms with Gasteiger partial charge in [-0.3, -0.25) is 0 Å². The summed E-state index contributed by atoms with van der Waals surface area (Å²) < 4.78 is 39.1. The van der Waals surface area contributed by atoms with Crippen molar-refractivity contribution in [3.05, 3.63) is 47.5 Å². The van der Waals surface area contributed by atoms with Gasteiger partial charge in [0, 0.05) is 6.61 Å². The van der Waals surface area contributed by atoms with Crippen molar-refractivity contribution in [3.8, 4) is 11.5 Å². The summed E-state index contributed by atoms with van der Waals surface area (Å²) in [6, 6.07) is 11.8. The molecule has 1 atom stereocenters. The summed E-state index contributed by atoms with van der Waals surface area (Å²) in [5, 5.41) is 3.45. The van der Waals surface area contributed by atoms with Crippen LogP contribution in [0.3, 0.4) is 0 Å². The van der Waals surface area contributed by atoms with Gasteiger partial charge in [-0.15, -0.1) is 0 Å². The first-order valence-electron chi connectivity index (χ1n) is 8.54. The van der Waals surface area contributed by atoms with E-state index in [2.05, 4.69) is 15.0 Å². The lowest BCUT2D eigenvalue weighted by Crippen LogP contribution is -2.41. The third-order valence-electron chi connectivity index (χ3n) is 4.29. The van der Waals surface area contributed by atoms with Gasteiger partial charge in [0.25, 0.3) is 10.0 Å². The third-order valence-corrected chi connectivity index (χ3v) is 5.98. The van der Waals surface area contributed by atoms with Crippen LogP contribution in [0.4, 0.5) is 5.69 Å². The van der Waals surface area contributed by atoms with Gasteiger partial charge in [0.05, 0.1) is 17.7 Å². The molecule has 0 radical (unpaired) electrons. The minimum Gasteiger partial charge on any atom is -0.454 e. The van der Waals surface area contributed by atoms with Crippen molar-refractivity contribution in [3.63, 3.8) is 0 Å². The van der Waals surface area contributed by atoms with Crippen LogP contribution in [0.15, 0.2) is 52.4 Å². The molecule has 4 rings (SSSR count). The number of nitrogens with one attached hydrogen (secondary N) is 2. The van der Waals surface area contributed by atoms with Gasteiger partial charge in [0.15, 0.2) is 5.75 Å². The fourth-order valence-corrected chi connectivity index (χ4v) is 4.30. The Balaban J connectivity index is 1.66. The topological polar surface area (TPSA) is 89.0 Å². The Bertz CT molecular complexity index is 988. The summed E-state index contributed by atoms with van der Waals surface area (Å²) >= 11 is 6.15. The molecule has 9 heteroatoms. The lowest BCUT2D eigenvalue weighted by Gasteiger charge is -2.24. The van der Waals surface area contributed by atoms with Crippen LogP contribution < -0.4 is 14.8 Å². The highest BCUT2D eigenvalue weighted by molar-refractivity contribution is 7.90. The van der Waals surface area contributed by atoms with Crippen LogP contribution in [0.1, 0.15) is 12.8 Å². The van der Waals surface area contributed by atoms with E-state index >= 15 is 0 Å². The number of halogens is 1. The molecule has 2 aliphatic rings. The van der Waals surface area contributed by atoms with E-state index in [-0.39, 0.29) is 17.0 Å². The van der Waals surface area contributed by atoms with Crippen LogP contribution in [0.2, 0.25) is 5.02 Å². The largest absolute Gasteiger partial charge is 0.454 e. The normalized spacial score (nSPS) is 22.0. The van der Waals surface area contributed by atoms with Gasteiger partial charge in [-0.25, -0.2) is 18.1 Å². The lowest BCUT2D eigenvalue weighted by atomic mass is 10.2. The number of para-hydroxylation sites is 2. The number of hydrogen-bond acceptors (Lipinski definition) is 5. The third kappa shape index (κ3) is 3.87. The summed E-state index contributed by atoms with van der Waals surface area (Å²) in [5.41, 5.74) is 0.322. The number of ether oxygens (including phenoxy) is 2. The van der Waals surface area contributed by atoms with E-state index in [0.29, 0.717) is 35.4 Å². The predicted molar refractivity (Wildman–Crippen MR) is 103 cm³/mol. The smallest absolute Gasteiger partial charge is 0.266 e. The Morgan fingerprint density at radius 2 is 2.00 bits per heavy atom. The van der Waals surface area contributed by atoms with Crippen molar-refractivity contribution in [2.24, 2.45) is 4.99 Å². The van der Waals surface area contributed by atoms with E-state index in [4.69, 9.17) is 21.1 Å². The van der Waals surface area contributed by atoms with Gasteiger partial charge in [0.2, 0.25) is 5.96 Å². The molecule has 1 unspecified atom stereocenters. The molecule has 2 heterocycles. The van der Waals surface area contributed by atoms with Gasteiger partial charge >= 0.3 is 0 Å². The number of benzene rings is 2. The summed E-state index contributed by atoms with van der Waals surface area (Å²) in [5.74, 6) is 0.923. The van der Waals surface area contributed by atoms with E-state index in [1.165, 1.54) is 6.07 Å². The van der Waals surface area contributed by atoms with Crippen molar-refractivity contribution in [2.45, 2.75) is 23.8 Å². The summed E-state index contributed by atoms with van der Waals surface area (Å²) in [4.78, 5) is 4.42. The van der Waals surface area contributed by atoms with E-state index in [0.717, 1.165) is 12.8 Å². The number of anilines is 1. The van der Waals surface area contributed by atoms with Crippen molar-refractivity contribution in [2.75, 3.05) is 18.5 Å². The second kappa shape index (κ2) is 7.38. The maximum atomic E-state index is 12.6. The van der Waals surface area contributed by atoms with E-state index in [9.17, 15) is 8.42 Å². The number of nitrogens with zero attached hydrogens (tertiary/aromatic N) is 1. The minimum atomic E-state index is -3.76. The molecule has 0 aromatic heterocycles. The Morgan fingerprint density at radius 1 is 1.19 bits per heavy atom. The van der Waals surface area contributed by atoms with Gasteiger partial charge in [-0.05, 0) is 37.1 Å². The van der Waals surface area contributed by atoms with E-state index < -0.39 is 10.0 Å². The zero-order chi connectivity index (χ0) is 18.9. The molecule has 1 fully saturated rings. The maximum absolute atomic E-state index is 12.6. The molecule has 0 aliphatic carbocycles. The van der Waals surface area contributed by atoms with E-state index in [1.54, 1.807) is 36.4 Å². The second-order valence-electron chi connectivity index (χ2n) is 6.22. The molecule has 2 aliphatic heterocycles. The minimum absolute atomic E-state index is 0.0137. The average molecular weight is 408 g/mol. The van der Waals surface area contributed by atoms with Crippen molar-refractivity contribution < 1.29 is 17.9 Å². The highest BCUT2D eigenvalue weighted by Crippen LogP contribution is 2.38. The zero-order valence-electron chi connectivity index (χ0n) is 14.3. The number of hydrogen-bond donors (Lipinski definition) is 2. The fourth-order valence-electron chi connectivity index (χ4n) is 2.97. The Labute approximate surface area is 162 Å². The van der Waals surface area contributed by atoms with Crippen LogP contribution in [0.25, 0.3) is 0 Å². The van der Waals surface area contributed by atoms with Crippen LogP contribution in [-0.2, 0) is 14.8 Å². The highest BCUT2D eigenvalue weighted by Gasteiger charge is 2.29. The first-order chi connectivity index (χ1) is 13.0. The van der Waals surface area contributed by atoms with Gasteiger partial charge < -0.3 is 14.8 Å². The lowest BCUT2D eigenvalue weighted by molar-refractivity contribution is 0.118. The fraction of sp³-hybridized carbons (Fsp3) is 0.278. The first-order valence-corrected chi connectivity index (χ1v) is 10.4. The number of guanidine groups is 1. The van der Waals surface area contributed by atoms with Crippen LogP contribution in [-0.4, -0.2) is 33.6 Å². The SMILES string of the molecule is O=S1(=O)NC(=NCC2CCCO2)Nc2c(Oc3ccccc3Cl)cccc21. The molecule has 0 saturated carbocycles. The molecule has 0 amide bonds. The predicted octanol–water partition coefficient (Wildman–Crippen LogP) is 3.37. The maximum Gasteiger partial charge on any atom is 0.266 e. The van der Waals surface area contributed by atoms with E-state index in [1.807, 2.05) is 0 Å². The molecule has 142 valence electrons. The zero-order valence-corrected chi connectivity index (χ0v) is 15.9. The number of aliphatic imine (C=N–C) groups is 1. The molecular weight excluding hydrogens is 390 g/mol. The van der Waals surface area contributed by atoms with Gasteiger partial charge in [0.1, 0.15) is 16.3 Å².